The van der Waals surface area contributed by atoms with Gasteiger partial charge < -0.3 is 4.74 Å². The molecule has 2 rings (SSSR count). The summed E-state index contributed by atoms with van der Waals surface area (Å²) >= 11 is 0. The van der Waals surface area contributed by atoms with Crippen LogP contribution in [0.5, 0.6) is 0 Å². The smallest absolute Gasteiger partial charge is 0.0777 e. The molecule has 15 heavy (non-hydrogen) atoms. The second-order valence-corrected chi connectivity index (χ2v) is 3.76. The van der Waals surface area contributed by atoms with Gasteiger partial charge in [0.05, 0.1) is 18.3 Å². The molecule has 1 aromatic heterocycles. The van der Waals surface area contributed by atoms with Crippen LogP contribution in [0.3, 0.4) is 0 Å². The third-order valence-electron chi connectivity index (χ3n) is 2.94. The van der Waals surface area contributed by atoms with Gasteiger partial charge in [0, 0.05) is 12.3 Å². The van der Waals surface area contributed by atoms with Gasteiger partial charge in [0.15, 0.2) is 0 Å². The molecule has 0 aromatic carbocycles. The first-order valence-electron chi connectivity index (χ1n) is 5.80. The Morgan fingerprint density at radius 1 is 1.27 bits per heavy atom. The van der Waals surface area contributed by atoms with Crippen molar-refractivity contribution in [2.24, 2.45) is 0 Å². The molecule has 3 nitrogen and oxygen atoms in total. The maximum Gasteiger partial charge on any atom is 0.0777 e. The zero-order chi connectivity index (χ0) is 11.4. The van der Waals surface area contributed by atoms with E-state index in [0.717, 1.165) is 25.3 Å². The SMILES string of the molecule is CC.Cc1nn(C2CCOC2)c(C)c1C. The molecule has 1 aliphatic heterocycles. The lowest BCUT2D eigenvalue weighted by Gasteiger charge is -2.10. The van der Waals surface area contributed by atoms with E-state index in [1.54, 1.807) is 0 Å². The van der Waals surface area contributed by atoms with Crippen molar-refractivity contribution >= 4 is 0 Å². The van der Waals surface area contributed by atoms with Gasteiger partial charge in [-0.1, -0.05) is 13.8 Å². The summed E-state index contributed by atoms with van der Waals surface area (Å²) in [6, 6.07) is 0.465. The fraction of sp³-hybridized carbons (Fsp3) is 0.750. The molecule has 0 spiro atoms. The van der Waals surface area contributed by atoms with Crippen molar-refractivity contribution < 1.29 is 4.74 Å². The lowest BCUT2D eigenvalue weighted by atomic mass is 10.2. The Labute approximate surface area is 92.4 Å². The molecule has 0 N–H and O–H groups in total. The fourth-order valence-corrected chi connectivity index (χ4v) is 1.82. The molecule has 1 aromatic rings. The Balaban J connectivity index is 0.000000531. The maximum atomic E-state index is 5.35. The van der Waals surface area contributed by atoms with Gasteiger partial charge in [-0.3, -0.25) is 4.68 Å². The fourth-order valence-electron chi connectivity index (χ4n) is 1.82. The summed E-state index contributed by atoms with van der Waals surface area (Å²) in [6.45, 7) is 12.0. The van der Waals surface area contributed by atoms with Crippen molar-refractivity contribution in [3.05, 3.63) is 17.0 Å². The Morgan fingerprint density at radius 2 is 1.93 bits per heavy atom. The molecule has 86 valence electrons. The van der Waals surface area contributed by atoms with E-state index in [1.165, 1.54) is 11.3 Å². The van der Waals surface area contributed by atoms with Crippen LogP contribution in [0, 0.1) is 20.8 Å². The predicted molar refractivity (Wildman–Crippen MR) is 62.3 cm³/mol. The van der Waals surface area contributed by atoms with Crippen molar-refractivity contribution in [1.29, 1.82) is 0 Å². The number of rotatable bonds is 1. The first-order valence-corrected chi connectivity index (χ1v) is 5.80. The molecule has 1 aliphatic rings. The van der Waals surface area contributed by atoms with Gasteiger partial charge in [0.1, 0.15) is 0 Å². The zero-order valence-corrected chi connectivity index (χ0v) is 10.5. The van der Waals surface area contributed by atoms with Gasteiger partial charge in [-0.15, -0.1) is 0 Å². The summed E-state index contributed by atoms with van der Waals surface area (Å²) in [5.41, 5.74) is 3.74. The Morgan fingerprint density at radius 3 is 2.33 bits per heavy atom. The molecule has 2 heterocycles. The molecule has 1 saturated heterocycles. The Hall–Kier alpha value is -0.830. The minimum absolute atomic E-state index is 0.465. The maximum absolute atomic E-state index is 5.35. The summed E-state index contributed by atoms with van der Waals surface area (Å²) in [5.74, 6) is 0. The van der Waals surface area contributed by atoms with E-state index in [-0.39, 0.29) is 0 Å². The van der Waals surface area contributed by atoms with Crippen LogP contribution in [0.25, 0.3) is 0 Å². The van der Waals surface area contributed by atoms with Crippen molar-refractivity contribution in [2.75, 3.05) is 13.2 Å². The van der Waals surface area contributed by atoms with Crippen LogP contribution in [0.2, 0.25) is 0 Å². The zero-order valence-electron chi connectivity index (χ0n) is 10.5. The number of ether oxygens (including phenoxy) is 1. The van der Waals surface area contributed by atoms with Gasteiger partial charge in [0.25, 0.3) is 0 Å². The second-order valence-electron chi connectivity index (χ2n) is 3.76. The first-order chi connectivity index (χ1) is 7.20. The van der Waals surface area contributed by atoms with Crippen LogP contribution in [0.4, 0.5) is 0 Å². The highest BCUT2D eigenvalue weighted by molar-refractivity contribution is 5.22. The molecular formula is C12H22N2O. The summed E-state index contributed by atoms with van der Waals surface area (Å²) in [6.07, 6.45) is 1.10. The highest BCUT2D eigenvalue weighted by atomic mass is 16.5. The average molecular weight is 210 g/mol. The van der Waals surface area contributed by atoms with E-state index in [4.69, 9.17) is 4.74 Å². The van der Waals surface area contributed by atoms with Gasteiger partial charge >= 0.3 is 0 Å². The van der Waals surface area contributed by atoms with E-state index in [0.29, 0.717) is 6.04 Å². The van der Waals surface area contributed by atoms with Crippen LogP contribution in [0.15, 0.2) is 0 Å². The van der Waals surface area contributed by atoms with Gasteiger partial charge in [-0.25, -0.2) is 0 Å². The summed E-state index contributed by atoms with van der Waals surface area (Å²) < 4.78 is 7.48. The minimum Gasteiger partial charge on any atom is -0.379 e. The normalized spacial score (nSPS) is 19.9. The van der Waals surface area contributed by atoms with Crippen LogP contribution >= 0.6 is 0 Å². The summed E-state index contributed by atoms with van der Waals surface area (Å²) in [5, 5.41) is 4.53. The molecule has 0 aliphatic carbocycles. The number of aryl methyl sites for hydroxylation is 1. The molecule has 0 bridgehead atoms. The summed E-state index contributed by atoms with van der Waals surface area (Å²) in [4.78, 5) is 0. The van der Waals surface area contributed by atoms with E-state index < -0.39 is 0 Å². The highest BCUT2D eigenvalue weighted by Crippen LogP contribution is 2.22. The molecule has 0 radical (unpaired) electrons. The molecule has 0 amide bonds. The highest BCUT2D eigenvalue weighted by Gasteiger charge is 2.21. The lowest BCUT2D eigenvalue weighted by Crippen LogP contribution is -2.12. The molecule has 1 atom stereocenters. The van der Waals surface area contributed by atoms with Crippen molar-refractivity contribution in [3.63, 3.8) is 0 Å². The number of hydrogen-bond acceptors (Lipinski definition) is 2. The van der Waals surface area contributed by atoms with Gasteiger partial charge in [-0.05, 0) is 32.8 Å². The largest absolute Gasteiger partial charge is 0.379 e. The predicted octanol–water partition coefficient (Wildman–Crippen LogP) is 2.80. The molecule has 3 heteroatoms. The van der Waals surface area contributed by atoms with E-state index in [2.05, 4.69) is 30.6 Å². The quantitative estimate of drug-likeness (QED) is 0.712. The topological polar surface area (TPSA) is 27.1 Å². The van der Waals surface area contributed by atoms with Crippen LogP contribution < -0.4 is 0 Å². The molecular weight excluding hydrogens is 188 g/mol. The Kier molecular flexibility index (Phi) is 4.33. The van der Waals surface area contributed by atoms with Crippen LogP contribution in [0.1, 0.15) is 43.3 Å². The number of nitrogens with zero attached hydrogens (tertiary/aromatic N) is 2. The van der Waals surface area contributed by atoms with E-state index >= 15 is 0 Å². The van der Waals surface area contributed by atoms with Gasteiger partial charge in [0.2, 0.25) is 0 Å². The number of hydrogen-bond donors (Lipinski definition) is 0. The van der Waals surface area contributed by atoms with Crippen molar-refractivity contribution in [1.82, 2.24) is 9.78 Å². The Bertz CT molecular complexity index is 312. The van der Waals surface area contributed by atoms with Gasteiger partial charge in [-0.2, -0.15) is 5.10 Å². The third-order valence-corrected chi connectivity index (χ3v) is 2.94. The van der Waals surface area contributed by atoms with Crippen LogP contribution in [-0.4, -0.2) is 23.0 Å². The standard InChI is InChI=1S/C10H16N2O.C2H6/c1-7-8(2)11-12(9(7)3)10-4-5-13-6-10;1-2/h10H,4-6H2,1-3H3;1-2H3. The summed E-state index contributed by atoms with van der Waals surface area (Å²) in [7, 11) is 0. The lowest BCUT2D eigenvalue weighted by molar-refractivity contribution is 0.184. The van der Waals surface area contributed by atoms with Crippen LogP contribution in [-0.2, 0) is 4.74 Å². The third kappa shape index (κ3) is 2.40. The molecule has 1 fully saturated rings. The van der Waals surface area contributed by atoms with E-state index in [1.807, 2.05) is 13.8 Å². The average Bonchev–Trinajstić information content (AvgIpc) is 2.86. The molecule has 0 saturated carbocycles. The monoisotopic (exact) mass is 210 g/mol. The molecule has 1 unspecified atom stereocenters. The minimum atomic E-state index is 0.465. The second kappa shape index (κ2) is 5.31. The van der Waals surface area contributed by atoms with E-state index in [9.17, 15) is 0 Å². The van der Waals surface area contributed by atoms with Crippen molar-refractivity contribution in [3.8, 4) is 0 Å². The first kappa shape index (κ1) is 12.2. The van der Waals surface area contributed by atoms with Crippen molar-refractivity contribution in [2.45, 2.75) is 47.1 Å². The number of aromatic nitrogens is 2.